The zero-order valence-electron chi connectivity index (χ0n) is 16.4. The van der Waals surface area contributed by atoms with Gasteiger partial charge in [0.2, 0.25) is 0 Å². The molecule has 0 radical (unpaired) electrons. The fraction of sp³-hybridized carbons (Fsp3) is 0.524. The molecular weight excluding hydrogens is 360 g/mol. The molecule has 3 rings (SSSR count). The van der Waals surface area contributed by atoms with Crippen LogP contribution < -0.4 is 5.56 Å². The molecule has 3 atom stereocenters. The summed E-state index contributed by atoms with van der Waals surface area (Å²) < 4.78 is 6.61. The van der Waals surface area contributed by atoms with E-state index < -0.39 is 24.0 Å². The van der Waals surface area contributed by atoms with Crippen molar-refractivity contribution < 1.29 is 19.4 Å². The molecule has 7 nitrogen and oxygen atoms in total. The van der Waals surface area contributed by atoms with Gasteiger partial charge < -0.3 is 9.84 Å². The molecule has 0 amide bonds. The van der Waals surface area contributed by atoms with E-state index in [1.165, 1.54) is 12.1 Å². The number of aromatic nitrogens is 2. The smallest absolute Gasteiger partial charge is 0.357 e. The molecular formula is C21H26N2O5. The summed E-state index contributed by atoms with van der Waals surface area (Å²) in [7, 11) is 0. The summed E-state index contributed by atoms with van der Waals surface area (Å²) in [6.45, 7) is 5.98. The molecule has 150 valence electrons. The minimum absolute atomic E-state index is 0.189. The Hall–Kier alpha value is -2.70. The first-order valence-electron chi connectivity index (χ1n) is 9.70. The highest BCUT2D eigenvalue weighted by atomic mass is 16.5. The Kier molecular flexibility index (Phi) is 5.82. The van der Waals surface area contributed by atoms with Gasteiger partial charge in [-0.1, -0.05) is 45.4 Å². The van der Waals surface area contributed by atoms with Crippen molar-refractivity contribution in [1.29, 1.82) is 0 Å². The van der Waals surface area contributed by atoms with Crippen LogP contribution in [0, 0.1) is 17.8 Å². The number of hydrogen-bond donors (Lipinski definition) is 1. The van der Waals surface area contributed by atoms with Gasteiger partial charge in [-0.2, -0.15) is 5.10 Å². The quantitative estimate of drug-likeness (QED) is 0.793. The summed E-state index contributed by atoms with van der Waals surface area (Å²) in [6, 6.07) is 6.36. The molecule has 28 heavy (non-hydrogen) atoms. The first kappa shape index (κ1) is 20.0. The Labute approximate surface area is 163 Å². The summed E-state index contributed by atoms with van der Waals surface area (Å²) in [5, 5.41) is 13.8. The predicted molar refractivity (Wildman–Crippen MR) is 104 cm³/mol. The summed E-state index contributed by atoms with van der Waals surface area (Å²) in [5.41, 5.74) is -0.760. The molecule has 1 aromatic carbocycles. The number of benzene rings is 1. The second-order valence-electron chi connectivity index (χ2n) is 8.02. The van der Waals surface area contributed by atoms with Crippen LogP contribution in [0.3, 0.4) is 0 Å². The Morgan fingerprint density at radius 1 is 1.25 bits per heavy atom. The number of fused-ring (bicyclic) bond motifs is 1. The maximum Gasteiger partial charge on any atom is 0.357 e. The minimum atomic E-state index is -1.25. The van der Waals surface area contributed by atoms with E-state index in [9.17, 15) is 19.5 Å². The van der Waals surface area contributed by atoms with Crippen molar-refractivity contribution in [3.8, 4) is 0 Å². The number of carbonyl (C=O) groups is 2. The van der Waals surface area contributed by atoms with Crippen LogP contribution in [-0.4, -0.2) is 32.9 Å². The van der Waals surface area contributed by atoms with Crippen LogP contribution in [0.2, 0.25) is 0 Å². The molecule has 0 aliphatic heterocycles. The summed E-state index contributed by atoms with van der Waals surface area (Å²) in [6.07, 6.45) is 2.74. The Balaban J connectivity index is 1.86. The first-order chi connectivity index (χ1) is 13.3. The van der Waals surface area contributed by atoms with Crippen LogP contribution in [0.5, 0.6) is 0 Å². The van der Waals surface area contributed by atoms with Crippen molar-refractivity contribution in [3.05, 3.63) is 40.3 Å². The second-order valence-corrected chi connectivity index (χ2v) is 8.02. The van der Waals surface area contributed by atoms with Crippen LogP contribution in [-0.2, 0) is 16.1 Å². The summed E-state index contributed by atoms with van der Waals surface area (Å²) in [4.78, 5) is 36.8. The molecule has 1 heterocycles. The van der Waals surface area contributed by atoms with Crippen molar-refractivity contribution >= 4 is 22.7 Å². The molecule has 2 aromatic rings. The average molecular weight is 386 g/mol. The number of carbonyl (C=O) groups excluding carboxylic acids is 1. The second kappa shape index (κ2) is 8.12. The van der Waals surface area contributed by atoms with E-state index in [2.05, 4.69) is 25.9 Å². The Morgan fingerprint density at radius 3 is 2.57 bits per heavy atom. The molecule has 1 N–H and O–H groups in total. The van der Waals surface area contributed by atoms with Crippen molar-refractivity contribution in [2.24, 2.45) is 17.8 Å². The lowest BCUT2D eigenvalue weighted by Crippen LogP contribution is -2.38. The van der Waals surface area contributed by atoms with Gasteiger partial charge in [-0.3, -0.25) is 9.59 Å². The van der Waals surface area contributed by atoms with Gasteiger partial charge >= 0.3 is 11.9 Å². The van der Waals surface area contributed by atoms with Gasteiger partial charge in [-0.15, -0.1) is 0 Å². The SMILES string of the molecule is CC(C)[C@@H]1CC[C@@H](C)C[C@H]1OC(=O)Cn1nc(C(=O)O)c2ccccc2c1=O. The molecule has 0 saturated heterocycles. The molecule has 7 heteroatoms. The van der Waals surface area contributed by atoms with Crippen LogP contribution in [0.25, 0.3) is 10.8 Å². The maximum atomic E-state index is 12.7. The van der Waals surface area contributed by atoms with Gasteiger partial charge in [0.1, 0.15) is 12.6 Å². The highest BCUT2D eigenvalue weighted by Crippen LogP contribution is 2.35. The number of hydrogen-bond acceptors (Lipinski definition) is 5. The van der Waals surface area contributed by atoms with Crippen LogP contribution in [0.4, 0.5) is 0 Å². The van der Waals surface area contributed by atoms with Crippen LogP contribution in [0.1, 0.15) is 50.5 Å². The minimum Gasteiger partial charge on any atom is -0.476 e. The normalized spacial score (nSPS) is 22.4. The number of aromatic carboxylic acids is 1. The van der Waals surface area contributed by atoms with E-state index in [4.69, 9.17) is 4.74 Å². The van der Waals surface area contributed by atoms with Crippen molar-refractivity contribution in [1.82, 2.24) is 9.78 Å². The Morgan fingerprint density at radius 2 is 1.93 bits per heavy atom. The number of esters is 1. The van der Waals surface area contributed by atoms with Crippen molar-refractivity contribution in [2.75, 3.05) is 0 Å². The highest BCUT2D eigenvalue weighted by molar-refractivity contribution is 6.01. The highest BCUT2D eigenvalue weighted by Gasteiger charge is 2.33. The molecule has 0 unspecified atom stereocenters. The maximum absolute atomic E-state index is 12.7. The van der Waals surface area contributed by atoms with E-state index >= 15 is 0 Å². The third-order valence-corrected chi connectivity index (χ3v) is 5.59. The zero-order valence-corrected chi connectivity index (χ0v) is 16.4. The Bertz CT molecular complexity index is 949. The van der Waals surface area contributed by atoms with E-state index in [0.29, 0.717) is 11.8 Å². The largest absolute Gasteiger partial charge is 0.476 e. The van der Waals surface area contributed by atoms with Crippen molar-refractivity contribution in [2.45, 2.75) is 52.7 Å². The first-order valence-corrected chi connectivity index (χ1v) is 9.70. The molecule has 0 spiro atoms. The van der Waals surface area contributed by atoms with Crippen LogP contribution >= 0.6 is 0 Å². The van der Waals surface area contributed by atoms with E-state index in [1.807, 2.05) is 0 Å². The lowest BCUT2D eigenvalue weighted by atomic mass is 9.75. The average Bonchev–Trinajstić information content (AvgIpc) is 2.63. The molecule has 1 aliphatic rings. The van der Waals surface area contributed by atoms with Crippen molar-refractivity contribution in [3.63, 3.8) is 0 Å². The molecule has 0 bridgehead atoms. The van der Waals surface area contributed by atoms with Crippen LogP contribution in [0.15, 0.2) is 29.1 Å². The zero-order chi connectivity index (χ0) is 20.4. The van der Waals surface area contributed by atoms with E-state index in [1.54, 1.807) is 12.1 Å². The van der Waals surface area contributed by atoms with Gasteiger partial charge in [0.25, 0.3) is 5.56 Å². The number of carboxylic acids is 1. The van der Waals surface area contributed by atoms with E-state index in [-0.39, 0.29) is 28.5 Å². The van der Waals surface area contributed by atoms with Gasteiger partial charge in [0.15, 0.2) is 5.69 Å². The fourth-order valence-corrected chi connectivity index (χ4v) is 4.08. The lowest BCUT2D eigenvalue weighted by molar-refractivity contribution is -0.157. The lowest BCUT2D eigenvalue weighted by Gasteiger charge is -2.36. The molecule has 1 saturated carbocycles. The number of rotatable bonds is 5. The topological polar surface area (TPSA) is 98.5 Å². The summed E-state index contributed by atoms with van der Waals surface area (Å²) >= 11 is 0. The molecule has 1 fully saturated rings. The third-order valence-electron chi connectivity index (χ3n) is 5.59. The molecule has 1 aliphatic carbocycles. The third kappa shape index (κ3) is 4.08. The van der Waals surface area contributed by atoms with Gasteiger partial charge in [-0.25, -0.2) is 9.48 Å². The fourth-order valence-electron chi connectivity index (χ4n) is 4.08. The van der Waals surface area contributed by atoms with Gasteiger partial charge in [0.05, 0.1) is 5.39 Å². The number of ether oxygens (including phenoxy) is 1. The number of carboxylic acid groups (broad SMARTS) is 1. The van der Waals surface area contributed by atoms with E-state index in [0.717, 1.165) is 23.9 Å². The predicted octanol–water partition coefficient (Wildman–Crippen LogP) is 3.10. The summed E-state index contributed by atoms with van der Waals surface area (Å²) in [5.74, 6) is -0.653. The standard InChI is InChI=1S/C21H26N2O5/c1-12(2)14-9-8-13(3)10-17(14)28-18(24)11-23-20(25)16-7-5-4-6-15(16)19(22-23)21(26)27/h4-7,12-14,17H,8-11H2,1-3H3,(H,26,27)/t13-,14+,17-/m1/s1. The van der Waals surface area contributed by atoms with Gasteiger partial charge in [-0.05, 0) is 36.7 Å². The number of nitrogens with zero attached hydrogens (tertiary/aromatic N) is 2. The monoisotopic (exact) mass is 386 g/mol. The molecule has 1 aromatic heterocycles. The van der Waals surface area contributed by atoms with Gasteiger partial charge in [0, 0.05) is 5.39 Å².